The molecule has 0 atom stereocenters. The second-order valence-electron chi connectivity index (χ2n) is 4.86. The standard InChI is InChI=1S/C13H17ClN2OS/c1-13(4-6-17-7-5-13)16-11-3-2-9(12(15)18)8-10(11)14/h2-3,8,16H,4-7H2,1H3,(H2,15,18). The van der Waals surface area contributed by atoms with E-state index in [0.717, 1.165) is 37.3 Å². The third-order valence-electron chi connectivity index (χ3n) is 3.29. The zero-order chi connectivity index (χ0) is 13.2. The zero-order valence-electron chi connectivity index (χ0n) is 10.3. The maximum atomic E-state index is 6.25. The van der Waals surface area contributed by atoms with Gasteiger partial charge in [0.2, 0.25) is 0 Å². The lowest BCUT2D eigenvalue weighted by molar-refractivity contribution is 0.0658. The van der Waals surface area contributed by atoms with Crippen LogP contribution in [-0.2, 0) is 4.74 Å². The molecular weight excluding hydrogens is 268 g/mol. The Balaban J connectivity index is 2.16. The highest BCUT2D eigenvalue weighted by molar-refractivity contribution is 7.80. The molecule has 3 N–H and O–H groups in total. The van der Waals surface area contributed by atoms with E-state index in [1.807, 2.05) is 12.1 Å². The van der Waals surface area contributed by atoms with Gasteiger partial charge >= 0.3 is 0 Å². The van der Waals surface area contributed by atoms with Crippen LogP contribution in [0.3, 0.4) is 0 Å². The topological polar surface area (TPSA) is 47.3 Å². The minimum absolute atomic E-state index is 0.0344. The minimum Gasteiger partial charge on any atom is -0.389 e. The fourth-order valence-electron chi connectivity index (χ4n) is 2.04. The highest BCUT2D eigenvalue weighted by atomic mass is 35.5. The van der Waals surface area contributed by atoms with Gasteiger partial charge in [-0.05, 0) is 38.0 Å². The molecule has 5 heteroatoms. The summed E-state index contributed by atoms with van der Waals surface area (Å²) < 4.78 is 5.38. The van der Waals surface area contributed by atoms with Crippen molar-refractivity contribution in [3.8, 4) is 0 Å². The molecule has 1 aliphatic heterocycles. The number of hydrogen-bond acceptors (Lipinski definition) is 3. The van der Waals surface area contributed by atoms with E-state index in [2.05, 4.69) is 12.2 Å². The molecule has 98 valence electrons. The van der Waals surface area contributed by atoms with E-state index in [4.69, 9.17) is 34.3 Å². The van der Waals surface area contributed by atoms with E-state index in [-0.39, 0.29) is 5.54 Å². The lowest BCUT2D eigenvalue weighted by Gasteiger charge is -2.35. The number of ether oxygens (including phenoxy) is 1. The van der Waals surface area contributed by atoms with Crippen LogP contribution >= 0.6 is 23.8 Å². The zero-order valence-corrected chi connectivity index (χ0v) is 11.9. The molecule has 1 aliphatic rings. The van der Waals surface area contributed by atoms with E-state index < -0.39 is 0 Å². The Bertz CT molecular complexity index is 458. The Hall–Kier alpha value is -0.840. The lowest BCUT2D eigenvalue weighted by atomic mass is 9.92. The predicted molar refractivity (Wildman–Crippen MR) is 79.4 cm³/mol. The molecule has 1 heterocycles. The maximum Gasteiger partial charge on any atom is 0.104 e. The number of nitrogens with two attached hydrogens (primary N) is 1. The molecule has 1 aromatic rings. The third kappa shape index (κ3) is 3.13. The molecule has 1 saturated heterocycles. The molecule has 0 bridgehead atoms. The van der Waals surface area contributed by atoms with Crippen LogP contribution in [0.15, 0.2) is 18.2 Å². The van der Waals surface area contributed by atoms with Gasteiger partial charge in [0.25, 0.3) is 0 Å². The van der Waals surface area contributed by atoms with Crippen LogP contribution in [0.2, 0.25) is 5.02 Å². The summed E-state index contributed by atoms with van der Waals surface area (Å²) in [5.41, 5.74) is 7.32. The van der Waals surface area contributed by atoms with Crippen molar-refractivity contribution in [2.24, 2.45) is 5.73 Å². The van der Waals surface area contributed by atoms with E-state index in [0.29, 0.717) is 10.0 Å². The van der Waals surface area contributed by atoms with Gasteiger partial charge in [0, 0.05) is 24.3 Å². The van der Waals surface area contributed by atoms with Crippen molar-refractivity contribution in [2.75, 3.05) is 18.5 Å². The fraction of sp³-hybridized carbons (Fsp3) is 0.462. The van der Waals surface area contributed by atoms with E-state index in [9.17, 15) is 0 Å². The van der Waals surface area contributed by atoms with Crippen LogP contribution in [0.1, 0.15) is 25.3 Å². The summed E-state index contributed by atoms with van der Waals surface area (Å²) in [4.78, 5) is 0.362. The van der Waals surface area contributed by atoms with Crippen LogP contribution in [0.4, 0.5) is 5.69 Å². The van der Waals surface area contributed by atoms with Gasteiger partial charge in [-0.15, -0.1) is 0 Å². The molecule has 0 unspecified atom stereocenters. The van der Waals surface area contributed by atoms with Crippen molar-refractivity contribution >= 4 is 34.5 Å². The summed E-state index contributed by atoms with van der Waals surface area (Å²) in [6.07, 6.45) is 1.95. The summed E-state index contributed by atoms with van der Waals surface area (Å²) in [5.74, 6) is 0. The maximum absolute atomic E-state index is 6.25. The largest absolute Gasteiger partial charge is 0.389 e. The van der Waals surface area contributed by atoms with E-state index in [1.165, 1.54) is 0 Å². The summed E-state index contributed by atoms with van der Waals surface area (Å²) in [6.45, 7) is 3.76. The van der Waals surface area contributed by atoms with Crippen LogP contribution < -0.4 is 11.1 Å². The molecule has 18 heavy (non-hydrogen) atoms. The number of anilines is 1. The number of thiocarbonyl (C=S) groups is 1. The van der Waals surface area contributed by atoms with Crippen molar-refractivity contribution in [1.29, 1.82) is 0 Å². The first-order chi connectivity index (χ1) is 8.50. The molecule has 3 nitrogen and oxygen atoms in total. The molecule has 0 radical (unpaired) electrons. The van der Waals surface area contributed by atoms with Gasteiger partial charge in [-0.2, -0.15) is 0 Å². The number of benzene rings is 1. The van der Waals surface area contributed by atoms with Gasteiger partial charge in [-0.1, -0.05) is 23.8 Å². The summed E-state index contributed by atoms with van der Waals surface area (Å²) in [5, 5.41) is 4.14. The fourth-order valence-corrected chi connectivity index (χ4v) is 2.40. The molecule has 0 saturated carbocycles. The summed E-state index contributed by atoms with van der Waals surface area (Å²) >= 11 is 11.2. The molecule has 0 amide bonds. The minimum atomic E-state index is 0.0344. The lowest BCUT2D eigenvalue weighted by Crippen LogP contribution is -2.40. The Morgan fingerprint density at radius 2 is 2.11 bits per heavy atom. The number of nitrogens with one attached hydrogen (secondary N) is 1. The van der Waals surface area contributed by atoms with Crippen molar-refractivity contribution in [3.63, 3.8) is 0 Å². The first kappa shape index (κ1) is 13.6. The molecule has 2 rings (SSSR count). The predicted octanol–water partition coefficient (Wildman–Crippen LogP) is 2.96. The smallest absolute Gasteiger partial charge is 0.104 e. The molecule has 1 aromatic carbocycles. The average Bonchev–Trinajstić information content (AvgIpc) is 2.32. The SMILES string of the molecule is CC1(Nc2ccc(C(N)=S)cc2Cl)CCOCC1. The highest BCUT2D eigenvalue weighted by Crippen LogP contribution is 2.30. The number of rotatable bonds is 3. The van der Waals surface area contributed by atoms with Crippen LogP contribution in [0.5, 0.6) is 0 Å². The molecule has 0 aromatic heterocycles. The third-order valence-corrected chi connectivity index (χ3v) is 3.83. The van der Waals surface area contributed by atoms with Crippen LogP contribution in [-0.4, -0.2) is 23.7 Å². The van der Waals surface area contributed by atoms with Crippen molar-refractivity contribution in [3.05, 3.63) is 28.8 Å². The van der Waals surface area contributed by atoms with E-state index >= 15 is 0 Å². The molecule has 0 spiro atoms. The number of halogens is 1. The van der Waals surface area contributed by atoms with E-state index in [1.54, 1.807) is 6.07 Å². The Labute approximate surface area is 118 Å². The Kier molecular flexibility index (Phi) is 4.10. The first-order valence-corrected chi connectivity index (χ1v) is 6.74. The van der Waals surface area contributed by atoms with Gasteiger partial charge in [-0.3, -0.25) is 0 Å². The van der Waals surface area contributed by atoms with Gasteiger partial charge in [0.15, 0.2) is 0 Å². The van der Waals surface area contributed by atoms with Crippen LogP contribution in [0.25, 0.3) is 0 Å². The van der Waals surface area contributed by atoms with Gasteiger partial charge < -0.3 is 15.8 Å². The summed E-state index contributed by atoms with van der Waals surface area (Å²) in [7, 11) is 0. The summed E-state index contributed by atoms with van der Waals surface area (Å²) in [6, 6.07) is 5.62. The highest BCUT2D eigenvalue weighted by Gasteiger charge is 2.27. The van der Waals surface area contributed by atoms with Gasteiger partial charge in [0.05, 0.1) is 10.7 Å². The Morgan fingerprint density at radius 3 is 2.67 bits per heavy atom. The second kappa shape index (κ2) is 5.43. The van der Waals surface area contributed by atoms with Crippen molar-refractivity contribution < 1.29 is 4.74 Å². The monoisotopic (exact) mass is 284 g/mol. The quantitative estimate of drug-likeness (QED) is 0.838. The van der Waals surface area contributed by atoms with Crippen molar-refractivity contribution in [1.82, 2.24) is 0 Å². The van der Waals surface area contributed by atoms with Crippen LogP contribution in [0, 0.1) is 0 Å². The molecular formula is C13H17ClN2OS. The molecule has 0 aliphatic carbocycles. The van der Waals surface area contributed by atoms with Gasteiger partial charge in [-0.25, -0.2) is 0 Å². The van der Waals surface area contributed by atoms with Crippen molar-refractivity contribution in [2.45, 2.75) is 25.3 Å². The van der Waals surface area contributed by atoms with Gasteiger partial charge in [0.1, 0.15) is 4.99 Å². The average molecular weight is 285 g/mol. The second-order valence-corrected chi connectivity index (χ2v) is 5.70. The first-order valence-electron chi connectivity index (χ1n) is 5.95. The number of hydrogen-bond donors (Lipinski definition) is 2. The Morgan fingerprint density at radius 1 is 1.44 bits per heavy atom. The normalized spacial score (nSPS) is 18.3. The molecule has 1 fully saturated rings.